The normalized spacial score (nSPS) is 10.5. The van der Waals surface area contributed by atoms with Gasteiger partial charge in [-0.05, 0) is 12.1 Å². The molecule has 0 spiro atoms. The van der Waals surface area contributed by atoms with E-state index in [0.717, 1.165) is 33.1 Å². The predicted octanol–water partition coefficient (Wildman–Crippen LogP) is 4.35. The van der Waals surface area contributed by atoms with Gasteiger partial charge in [0, 0.05) is 28.0 Å². The molecule has 0 bridgehead atoms. The molecule has 2 heterocycles. The summed E-state index contributed by atoms with van der Waals surface area (Å²) in [5.41, 5.74) is 4.04. The number of rotatable bonds is 2. The summed E-state index contributed by atoms with van der Waals surface area (Å²) in [7, 11) is 0. The van der Waals surface area contributed by atoms with Gasteiger partial charge in [-0.1, -0.05) is 42.5 Å². The smallest absolute Gasteiger partial charge is 0.158 e. The molecule has 2 aromatic heterocycles. The minimum absolute atomic E-state index is 0. The number of hydrogen-bond acceptors (Lipinski definition) is 3. The molecule has 0 saturated carbocycles. The van der Waals surface area contributed by atoms with Crippen LogP contribution in [0, 0.1) is 0 Å². The van der Waals surface area contributed by atoms with E-state index in [0.29, 0.717) is 0 Å². The molecule has 1 radical (unpaired) electrons. The molecule has 21 heavy (non-hydrogen) atoms. The van der Waals surface area contributed by atoms with Crippen LogP contribution in [-0.4, -0.2) is 15.0 Å². The zero-order valence-corrected chi connectivity index (χ0v) is 12.6. The van der Waals surface area contributed by atoms with E-state index in [9.17, 15) is 0 Å². The average molecular weight is 341 g/mol. The topological polar surface area (TPSA) is 41.6 Å². The van der Waals surface area contributed by atoms with Crippen molar-refractivity contribution in [1.82, 2.24) is 15.0 Å². The second kappa shape index (κ2) is 5.82. The molecule has 3 nitrogen and oxygen atoms in total. The third kappa shape index (κ3) is 2.63. The molecule has 2 aromatic carbocycles. The maximum atomic E-state index is 4.67. The fraction of sp³-hybridized carbons (Fsp3) is 0. The van der Waals surface area contributed by atoms with Crippen molar-refractivity contribution in [3.8, 4) is 22.1 Å². The van der Waals surface area contributed by atoms with E-state index in [1.807, 2.05) is 47.8 Å². The van der Waals surface area contributed by atoms with Gasteiger partial charge < -0.3 is 4.98 Å². The number of nitrogens with zero attached hydrogens (tertiary/aromatic N) is 2. The van der Waals surface area contributed by atoms with Crippen LogP contribution in [0.25, 0.3) is 33.1 Å². The van der Waals surface area contributed by atoms with Crippen LogP contribution in [0.3, 0.4) is 0 Å². The molecular formula is C16H11CuN3S. The van der Waals surface area contributed by atoms with Crippen molar-refractivity contribution in [3.05, 3.63) is 60.0 Å². The Morgan fingerprint density at radius 1 is 0.857 bits per heavy atom. The SMILES string of the molecule is [Cu].c1ccc(-c2nc(-c3nc4ccccc4[nH]3)cs2)cc1. The number of thiazole rings is 1. The minimum Gasteiger partial charge on any atom is -0.337 e. The maximum Gasteiger partial charge on any atom is 0.158 e. The Kier molecular flexibility index (Phi) is 3.88. The van der Waals surface area contributed by atoms with Crippen LogP contribution in [-0.2, 0) is 17.1 Å². The van der Waals surface area contributed by atoms with Crippen LogP contribution in [0.15, 0.2) is 60.0 Å². The summed E-state index contributed by atoms with van der Waals surface area (Å²) in [6, 6.07) is 18.2. The molecule has 5 heteroatoms. The van der Waals surface area contributed by atoms with E-state index >= 15 is 0 Å². The molecule has 0 unspecified atom stereocenters. The Morgan fingerprint density at radius 2 is 1.62 bits per heavy atom. The van der Waals surface area contributed by atoms with E-state index in [-0.39, 0.29) is 17.1 Å². The first-order chi connectivity index (χ1) is 9.90. The number of fused-ring (bicyclic) bond motifs is 1. The minimum atomic E-state index is 0. The second-order valence-corrected chi connectivity index (χ2v) is 5.36. The molecule has 0 fully saturated rings. The Hall–Kier alpha value is -1.94. The molecular weight excluding hydrogens is 330 g/mol. The average Bonchev–Trinajstić information content (AvgIpc) is 3.14. The van der Waals surface area contributed by atoms with Crippen LogP contribution in [0.4, 0.5) is 0 Å². The van der Waals surface area contributed by atoms with E-state index in [1.54, 1.807) is 11.3 Å². The number of aromatic nitrogens is 3. The summed E-state index contributed by atoms with van der Waals surface area (Å²) in [5.74, 6) is 0.824. The quantitative estimate of drug-likeness (QED) is 0.551. The van der Waals surface area contributed by atoms with E-state index in [1.165, 1.54) is 0 Å². The van der Waals surface area contributed by atoms with E-state index < -0.39 is 0 Å². The fourth-order valence-electron chi connectivity index (χ4n) is 2.17. The summed E-state index contributed by atoms with van der Waals surface area (Å²) >= 11 is 1.64. The molecule has 0 aliphatic heterocycles. The summed E-state index contributed by atoms with van der Waals surface area (Å²) in [4.78, 5) is 12.6. The van der Waals surface area contributed by atoms with E-state index in [2.05, 4.69) is 27.1 Å². The molecule has 0 aliphatic rings. The Morgan fingerprint density at radius 3 is 2.43 bits per heavy atom. The second-order valence-electron chi connectivity index (χ2n) is 4.51. The molecule has 4 aromatic rings. The van der Waals surface area contributed by atoms with Crippen molar-refractivity contribution >= 4 is 22.4 Å². The van der Waals surface area contributed by atoms with Gasteiger partial charge in [-0.2, -0.15) is 0 Å². The largest absolute Gasteiger partial charge is 0.337 e. The van der Waals surface area contributed by atoms with Gasteiger partial charge in [0.15, 0.2) is 5.82 Å². The van der Waals surface area contributed by atoms with Crippen molar-refractivity contribution in [2.45, 2.75) is 0 Å². The van der Waals surface area contributed by atoms with Gasteiger partial charge in [-0.15, -0.1) is 11.3 Å². The van der Waals surface area contributed by atoms with Gasteiger partial charge in [0.25, 0.3) is 0 Å². The fourth-order valence-corrected chi connectivity index (χ4v) is 2.98. The zero-order valence-electron chi connectivity index (χ0n) is 10.9. The van der Waals surface area contributed by atoms with Crippen LogP contribution in [0.1, 0.15) is 0 Å². The number of imidazole rings is 1. The monoisotopic (exact) mass is 340 g/mol. The molecule has 0 amide bonds. The maximum absolute atomic E-state index is 4.67. The summed E-state index contributed by atoms with van der Waals surface area (Å²) < 4.78 is 0. The Balaban J connectivity index is 0.00000132. The first kappa shape index (κ1) is 14.0. The van der Waals surface area contributed by atoms with Gasteiger partial charge in [0.2, 0.25) is 0 Å². The van der Waals surface area contributed by atoms with Crippen molar-refractivity contribution in [3.63, 3.8) is 0 Å². The van der Waals surface area contributed by atoms with E-state index in [4.69, 9.17) is 0 Å². The van der Waals surface area contributed by atoms with Crippen LogP contribution in [0.5, 0.6) is 0 Å². The molecule has 0 atom stereocenters. The number of hydrogen-bond donors (Lipinski definition) is 1. The standard InChI is InChI=1S/C16H11N3S.Cu/c1-2-6-11(7-3-1)16-19-14(10-20-16)15-17-12-8-4-5-9-13(12)18-15;/h1-10H,(H,17,18);. The van der Waals surface area contributed by atoms with Gasteiger partial charge in [-0.3, -0.25) is 0 Å². The summed E-state index contributed by atoms with van der Waals surface area (Å²) in [6.07, 6.45) is 0. The molecule has 0 saturated heterocycles. The van der Waals surface area contributed by atoms with Crippen LogP contribution in [0.2, 0.25) is 0 Å². The van der Waals surface area contributed by atoms with Gasteiger partial charge >= 0.3 is 0 Å². The van der Waals surface area contributed by atoms with Crippen molar-refractivity contribution in [2.24, 2.45) is 0 Å². The summed E-state index contributed by atoms with van der Waals surface area (Å²) in [5, 5.41) is 3.06. The molecule has 0 aliphatic carbocycles. The first-order valence-corrected chi connectivity index (χ1v) is 7.24. The third-order valence-electron chi connectivity index (χ3n) is 3.16. The first-order valence-electron chi connectivity index (χ1n) is 6.36. The number of H-pyrrole nitrogens is 1. The van der Waals surface area contributed by atoms with Crippen LogP contribution >= 0.6 is 11.3 Å². The van der Waals surface area contributed by atoms with Gasteiger partial charge in [0.1, 0.15) is 10.7 Å². The molecule has 107 valence electrons. The number of nitrogens with one attached hydrogen (secondary N) is 1. The molecule has 4 rings (SSSR count). The van der Waals surface area contributed by atoms with Crippen molar-refractivity contribution in [2.75, 3.05) is 0 Å². The Labute approximate surface area is 136 Å². The molecule has 1 N–H and O–H groups in total. The number of benzene rings is 2. The van der Waals surface area contributed by atoms with Crippen molar-refractivity contribution in [1.29, 1.82) is 0 Å². The van der Waals surface area contributed by atoms with Gasteiger partial charge in [0.05, 0.1) is 11.0 Å². The number of para-hydroxylation sites is 2. The predicted molar refractivity (Wildman–Crippen MR) is 82.6 cm³/mol. The van der Waals surface area contributed by atoms with Crippen LogP contribution < -0.4 is 0 Å². The van der Waals surface area contributed by atoms with Gasteiger partial charge in [-0.25, -0.2) is 9.97 Å². The Bertz CT molecular complexity index is 834. The van der Waals surface area contributed by atoms with Crippen molar-refractivity contribution < 1.29 is 17.1 Å². The zero-order chi connectivity index (χ0) is 13.4. The number of aromatic amines is 1. The summed E-state index contributed by atoms with van der Waals surface area (Å²) in [6.45, 7) is 0. The third-order valence-corrected chi connectivity index (χ3v) is 4.05.